The number of carbonyl (C=O) groups is 2. The molecule has 0 rings (SSSR count). The number of hydrogen-bond acceptors (Lipinski definition) is 6. The van der Waals surface area contributed by atoms with Crippen LogP contribution in [0.5, 0.6) is 0 Å². The zero-order valence-corrected chi connectivity index (χ0v) is 15.2. The van der Waals surface area contributed by atoms with Crippen molar-refractivity contribution in [2.24, 2.45) is 0 Å². The van der Waals surface area contributed by atoms with Crippen LogP contribution in [0.1, 0.15) is 78.1 Å². The zero-order valence-electron chi connectivity index (χ0n) is 15.2. The zero-order chi connectivity index (χ0) is 18.2. The van der Waals surface area contributed by atoms with Gasteiger partial charge in [-0.1, -0.05) is 26.7 Å². The molecule has 0 aliphatic rings. The first-order valence-electron chi connectivity index (χ1n) is 9.16. The first-order chi connectivity index (χ1) is 11.5. The van der Waals surface area contributed by atoms with Crippen molar-refractivity contribution < 1.29 is 29.3 Å². The maximum Gasteiger partial charge on any atom is 0.305 e. The average molecular weight is 346 g/mol. The van der Waals surface area contributed by atoms with Crippen molar-refractivity contribution in [1.29, 1.82) is 0 Å². The van der Waals surface area contributed by atoms with Crippen molar-refractivity contribution in [1.82, 2.24) is 0 Å². The van der Waals surface area contributed by atoms with Gasteiger partial charge in [0.2, 0.25) is 0 Å². The Morgan fingerprint density at radius 2 is 1.12 bits per heavy atom. The molecule has 6 heteroatoms. The van der Waals surface area contributed by atoms with Gasteiger partial charge in [0.15, 0.2) is 0 Å². The third-order valence-electron chi connectivity index (χ3n) is 3.68. The molecule has 2 unspecified atom stereocenters. The molecule has 0 fully saturated rings. The molecule has 0 aliphatic heterocycles. The smallest absolute Gasteiger partial charge is 0.305 e. The van der Waals surface area contributed by atoms with Crippen molar-refractivity contribution in [2.75, 3.05) is 13.2 Å². The SMILES string of the molecule is CCCC(O)CCOC(=O)CCCCC(=O)OCCC(O)CCC. The lowest BCUT2D eigenvalue weighted by Gasteiger charge is -2.10. The van der Waals surface area contributed by atoms with E-state index in [0.717, 1.165) is 25.7 Å². The molecular weight excluding hydrogens is 312 g/mol. The van der Waals surface area contributed by atoms with E-state index in [1.165, 1.54) is 0 Å². The van der Waals surface area contributed by atoms with Crippen LogP contribution in [0.2, 0.25) is 0 Å². The fourth-order valence-corrected chi connectivity index (χ4v) is 2.26. The number of rotatable bonds is 15. The molecular formula is C18H34O6. The topological polar surface area (TPSA) is 93.1 Å². The third-order valence-corrected chi connectivity index (χ3v) is 3.68. The van der Waals surface area contributed by atoms with Crippen LogP contribution in [0.4, 0.5) is 0 Å². The predicted octanol–water partition coefficient (Wildman–Crippen LogP) is 2.74. The summed E-state index contributed by atoms with van der Waals surface area (Å²) in [4.78, 5) is 23.0. The summed E-state index contributed by atoms with van der Waals surface area (Å²) in [7, 11) is 0. The van der Waals surface area contributed by atoms with Gasteiger partial charge in [-0.3, -0.25) is 9.59 Å². The third kappa shape index (κ3) is 14.5. The maximum atomic E-state index is 11.5. The van der Waals surface area contributed by atoms with Gasteiger partial charge in [-0.15, -0.1) is 0 Å². The van der Waals surface area contributed by atoms with E-state index in [0.29, 0.717) is 25.7 Å². The quantitative estimate of drug-likeness (QED) is 0.350. The summed E-state index contributed by atoms with van der Waals surface area (Å²) in [5.74, 6) is -0.593. The Morgan fingerprint density at radius 1 is 0.750 bits per heavy atom. The summed E-state index contributed by atoms with van der Waals surface area (Å²) in [6.07, 6.45) is 5.05. The van der Waals surface area contributed by atoms with E-state index < -0.39 is 12.2 Å². The van der Waals surface area contributed by atoms with Crippen molar-refractivity contribution in [3.05, 3.63) is 0 Å². The van der Waals surface area contributed by atoms with Crippen LogP contribution in [-0.2, 0) is 19.1 Å². The highest BCUT2D eigenvalue weighted by molar-refractivity contribution is 5.70. The number of hydrogen-bond donors (Lipinski definition) is 2. The van der Waals surface area contributed by atoms with Gasteiger partial charge >= 0.3 is 11.9 Å². The average Bonchev–Trinajstić information content (AvgIpc) is 2.52. The van der Waals surface area contributed by atoms with Crippen LogP contribution in [0.15, 0.2) is 0 Å². The summed E-state index contributed by atoms with van der Waals surface area (Å²) >= 11 is 0. The molecule has 0 saturated heterocycles. The summed E-state index contributed by atoms with van der Waals surface area (Å²) < 4.78 is 10.1. The minimum Gasteiger partial charge on any atom is -0.466 e. The van der Waals surface area contributed by atoms with Crippen LogP contribution in [0.25, 0.3) is 0 Å². The highest BCUT2D eigenvalue weighted by atomic mass is 16.5. The lowest BCUT2D eigenvalue weighted by atomic mass is 10.1. The normalized spacial score (nSPS) is 13.3. The van der Waals surface area contributed by atoms with Gasteiger partial charge in [0.05, 0.1) is 25.4 Å². The molecule has 24 heavy (non-hydrogen) atoms. The highest BCUT2D eigenvalue weighted by Gasteiger charge is 2.09. The van der Waals surface area contributed by atoms with Gasteiger partial charge in [-0.25, -0.2) is 0 Å². The van der Waals surface area contributed by atoms with Gasteiger partial charge in [0.25, 0.3) is 0 Å². The first-order valence-corrected chi connectivity index (χ1v) is 9.16. The number of aliphatic hydroxyl groups is 2. The molecule has 0 spiro atoms. The van der Waals surface area contributed by atoms with E-state index in [4.69, 9.17) is 9.47 Å². The van der Waals surface area contributed by atoms with E-state index >= 15 is 0 Å². The largest absolute Gasteiger partial charge is 0.466 e. The second-order valence-electron chi connectivity index (χ2n) is 6.11. The highest BCUT2D eigenvalue weighted by Crippen LogP contribution is 2.06. The summed E-state index contributed by atoms with van der Waals surface area (Å²) in [5, 5.41) is 19.0. The van der Waals surface area contributed by atoms with Crippen LogP contribution >= 0.6 is 0 Å². The minimum atomic E-state index is -0.409. The van der Waals surface area contributed by atoms with E-state index in [9.17, 15) is 19.8 Å². The molecule has 0 aromatic heterocycles. The number of unbranched alkanes of at least 4 members (excludes halogenated alkanes) is 1. The number of ether oxygens (including phenoxy) is 2. The number of esters is 2. The van der Waals surface area contributed by atoms with Gasteiger partial charge in [-0.05, 0) is 25.7 Å². The van der Waals surface area contributed by atoms with E-state index in [2.05, 4.69) is 0 Å². The van der Waals surface area contributed by atoms with E-state index in [-0.39, 0.29) is 38.0 Å². The first kappa shape index (κ1) is 22.9. The molecule has 142 valence electrons. The fraction of sp³-hybridized carbons (Fsp3) is 0.889. The summed E-state index contributed by atoms with van der Waals surface area (Å²) in [6.45, 7) is 4.46. The number of aliphatic hydroxyl groups excluding tert-OH is 2. The second-order valence-corrected chi connectivity index (χ2v) is 6.11. The van der Waals surface area contributed by atoms with E-state index in [1.807, 2.05) is 13.8 Å². The predicted molar refractivity (Wildman–Crippen MR) is 91.4 cm³/mol. The van der Waals surface area contributed by atoms with E-state index in [1.54, 1.807) is 0 Å². The van der Waals surface area contributed by atoms with Gasteiger partial charge < -0.3 is 19.7 Å². The van der Waals surface area contributed by atoms with Gasteiger partial charge in [-0.2, -0.15) is 0 Å². The monoisotopic (exact) mass is 346 g/mol. The second kappa shape index (κ2) is 15.4. The molecule has 0 aromatic carbocycles. The van der Waals surface area contributed by atoms with Crippen molar-refractivity contribution in [3.8, 4) is 0 Å². The van der Waals surface area contributed by atoms with Crippen LogP contribution in [0, 0.1) is 0 Å². The van der Waals surface area contributed by atoms with Crippen molar-refractivity contribution >= 4 is 11.9 Å². The molecule has 0 bridgehead atoms. The molecule has 6 nitrogen and oxygen atoms in total. The molecule has 0 saturated carbocycles. The lowest BCUT2D eigenvalue weighted by molar-refractivity contribution is -0.146. The Hall–Kier alpha value is -1.14. The standard InChI is InChI=1S/C18H34O6/c1-3-7-15(19)11-13-23-17(21)9-5-6-10-18(22)24-14-12-16(20)8-4-2/h15-16,19-20H,3-14H2,1-2H3. The molecule has 0 aliphatic carbocycles. The molecule has 0 amide bonds. The van der Waals surface area contributed by atoms with Crippen molar-refractivity contribution in [3.63, 3.8) is 0 Å². The van der Waals surface area contributed by atoms with Crippen molar-refractivity contribution in [2.45, 2.75) is 90.3 Å². The summed E-state index contributed by atoms with van der Waals surface area (Å²) in [6, 6.07) is 0. The lowest BCUT2D eigenvalue weighted by Crippen LogP contribution is -2.14. The fourth-order valence-electron chi connectivity index (χ4n) is 2.26. The Bertz CT molecular complexity index is 299. The Balaban J connectivity index is 3.50. The Labute approximate surface area is 145 Å². The molecule has 2 N–H and O–H groups in total. The van der Waals surface area contributed by atoms with Crippen LogP contribution < -0.4 is 0 Å². The van der Waals surface area contributed by atoms with Crippen LogP contribution in [-0.4, -0.2) is 47.6 Å². The maximum absolute atomic E-state index is 11.5. The van der Waals surface area contributed by atoms with Gasteiger partial charge in [0.1, 0.15) is 0 Å². The van der Waals surface area contributed by atoms with Crippen LogP contribution in [0.3, 0.4) is 0 Å². The minimum absolute atomic E-state index is 0.238. The molecule has 0 radical (unpaired) electrons. The molecule has 0 heterocycles. The Kier molecular flexibility index (Phi) is 14.7. The Morgan fingerprint density at radius 3 is 1.46 bits per heavy atom. The molecule has 0 aromatic rings. The number of carbonyl (C=O) groups excluding carboxylic acids is 2. The molecule has 2 atom stereocenters. The summed E-state index contributed by atoms with van der Waals surface area (Å²) in [5.41, 5.74) is 0. The van der Waals surface area contributed by atoms with Gasteiger partial charge in [0, 0.05) is 25.7 Å².